The molecule has 0 radical (unpaired) electrons. The average molecular weight is 417 g/mol. The zero-order chi connectivity index (χ0) is 21.9. The first-order valence-corrected chi connectivity index (χ1v) is 13.1. The van der Waals surface area contributed by atoms with Crippen molar-refractivity contribution in [2.45, 2.75) is 117 Å². The summed E-state index contributed by atoms with van der Waals surface area (Å²) >= 11 is 0. The molecule has 2 unspecified atom stereocenters. The first kappa shape index (κ1) is 22.8. The van der Waals surface area contributed by atoms with Crippen LogP contribution in [0.15, 0.2) is 11.6 Å². The predicted octanol–water partition coefficient (Wildman–Crippen LogP) is 6.75. The van der Waals surface area contributed by atoms with E-state index in [0.29, 0.717) is 23.2 Å². The molecule has 0 spiro atoms. The molecule has 4 aliphatic rings. The lowest BCUT2D eigenvalue weighted by Gasteiger charge is -2.62. The van der Waals surface area contributed by atoms with E-state index in [9.17, 15) is 10.2 Å². The second-order valence-electron chi connectivity index (χ2n) is 13.0. The van der Waals surface area contributed by atoms with Crippen LogP contribution in [0.5, 0.6) is 0 Å². The van der Waals surface area contributed by atoms with Gasteiger partial charge in [0.1, 0.15) is 0 Å². The van der Waals surface area contributed by atoms with Gasteiger partial charge in [0.15, 0.2) is 0 Å². The van der Waals surface area contributed by atoms with E-state index < -0.39 is 5.60 Å². The Morgan fingerprint density at radius 1 is 0.967 bits per heavy atom. The number of hydrogen-bond acceptors (Lipinski definition) is 2. The van der Waals surface area contributed by atoms with E-state index in [-0.39, 0.29) is 11.5 Å². The zero-order valence-electron chi connectivity index (χ0n) is 20.6. The second-order valence-corrected chi connectivity index (χ2v) is 13.0. The summed E-state index contributed by atoms with van der Waals surface area (Å²) in [5, 5.41) is 22.0. The molecule has 4 rings (SSSR count). The van der Waals surface area contributed by atoms with Crippen LogP contribution in [-0.4, -0.2) is 21.9 Å². The smallest absolute Gasteiger partial charge is 0.0836 e. The Kier molecular flexibility index (Phi) is 6.02. The maximum absolute atomic E-state index is 11.7. The van der Waals surface area contributed by atoms with Crippen LogP contribution in [-0.2, 0) is 0 Å². The van der Waals surface area contributed by atoms with Gasteiger partial charge in [-0.05, 0) is 98.2 Å². The van der Waals surface area contributed by atoms with Gasteiger partial charge in [0.05, 0.1) is 11.7 Å². The van der Waals surface area contributed by atoms with Crippen molar-refractivity contribution in [3.8, 4) is 0 Å². The standard InChI is InChI=1S/C28H48O2/c1-18(2)8-7-9-19(3)22-10-11-23-25-24(13-15-27(22,23)5)26(4)14-12-21(29)16-20(26)17-28(25,6)30/h17-19,21-25,29-30H,7-16H2,1-6H3/t19-,21?,22-,23+,24+,25+,26+,27-,28?/m1/s1. The molecule has 172 valence electrons. The van der Waals surface area contributed by atoms with Gasteiger partial charge in [-0.1, -0.05) is 65.5 Å². The molecule has 2 nitrogen and oxygen atoms in total. The van der Waals surface area contributed by atoms with Crippen LogP contribution in [0.4, 0.5) is 0 Å². The van der Waals surface area contributed by atoms with Crippen LogP contribution in [0.25, 0.3) is 0 Å². The second kappa shape index (κ2) is 7.91. The van der Waals surface area contributed by atoms with Gasteiger partial charge in [0, 0.05) is 0 Å². The fraction of sp³-hybridized carbons (Fsp3) is 0.929. The van der Waals surface area contributed by atoms with Crippen molar-refractivity contribution in [1.82, 2.24) is 0 Å². The molecular weight excluding hydrogens is 368 g/mol. The molecule has 0 aromatic heterocycles. The number of hydrogen-bond donors (Lipinski definition) is 2. The molecular formula is C28H48O2. The third kappa shape index (κ3) is 3.62. The van der Waals surface area contributed by atoms with E-state index in [1.165, 1.54) is 50.5 Å². The SMILES string of the molecule is CC(C)CCC[C@@H](C)[C@H]1CC[C@H]2[C@H]3[C@H](CC[C@]12C)[C@@]1(C)CCC(O)CC1=CC3(C)O. The Morgan fingerprint density at radius 3 is 2.40 bits per heavy atom. The molecule has 0 aromatic carbocycles. The van der Waals surface area contributed by atoms with Gasteiger partial charge in [0.25, 0.3) is 0 Å². The summed E-state index contributed by atoms with van der Waals surface area (Å²) in [7, 11) is 0. The summed E-state index contributed by atoms with van der Waals surface area (Å²) in [5.41, 5.74) is 1.21. The Balaban J connectivity index is 1.58. The van der Waals surface area contributed by atoms with Crippen LogP contribution < -0.4 is 0 Å². The molecule has 3 saturated carbocycles. The topological polar surface area (TPSA) is 40.5 Å². The van der Waals surface area contributed by atoms with Gasteiger partial charge in [-0.15, -0.1) is 0 Å². The summed E-state index contributed by atoms with van der Waals surface area (Å²) in [6.45, 7) is 14.3. The first-order chi connectivity index (χ1) is 14.0. The van der Waals surface area contributed by atoms with Crippen molar-refractivity contribution in [1.29, 1.82) is 0 Å². The third-order valence-electron chi connectivity index (χ3n) is 10.6. The van der Waals surface area contributed by atoms with Crippen molar-refractivity contribution < 1.29 is 10.2 Å². The average Bonchev–Trinajstić information content (AvgIpc) is 2.99. The van der Waals surface area contributed by atoms with Crippen LogP contribution in [0.1, 0.15) is 106 Å². The molecule has 4 aliphatic carbocycles. The normalized spacial score (nSPS) is 49.2. The maximum Gasteiger partial charge on any atom is 0.0836 e. The predicted molar refractivity (Wildman–Crippen MR) is 125 cm³/mol. The highest BCUT2D eigenvalue weighted by Gasteiger charge is 2.63. The molecule has 0 amide bonds. The molecule has 3 fully saturated rings. The summed E-state index contributed by atoms with van der Waals surface area (Å²) in [6, 6.07) is 0. The Bertz CT molecular complexity index is 664. The molecule has 0 saturated heterocycles. The Labute approximate surface area is 185 Å². The number of rotatable bonds is 5. The van der Waals surface area contributed by atoms with E-state index in [4.69, 9.17) is 0 Å². The highest BCUT2D eigenvalue weighted by molar-refractivity contribution is 5.31. The summed E-state index contributed by atoms with van der Waals surface area (Å²) in [5.74, 6) is 4.03. The van der Waals surface area contributed by atoms with Crippen molar-refractivity contribution in [2.24, 2.45) is 46.3 Å². The van der Waals surface area contributed by atoms with Crippen molar-refractivity contribution in [2.75, 3.05) is 0 Å². The van der Waals surface area contributed by atoms with E-state index in [1.807, 2.05) is 0 Å². The van der Waals surface area contributed by atoms with Gasteiger partial charge in [-0.3, -0.25) is 0 Å². The van der Waals surface area contributed by atoms with Crippen molar-refractivity contribution >= 4 is 0 Å². The molecule has 30 heavy (non-hydrogen) atoms. The molecule has 0 aromatic rings. The first-order valence-electron chi connectivity index (χ1n) is 13.1. The van der Waals surface area contributed by atoms with Gasteiger partial charge in [-0.2, -0.15) is 0 Å². The molecule has 0 aliphatic heterocycles. The van der Waals surface area contributed by atoms with E-state index >= 15 is 0 Å². The minimum absolute atomic E-state index is 0.189. The largest absolute Gasteiger partial charge is 0.393 e. The summed E-state index contributed by atoms with van der Waals surface area (Å²) in [4.78, 5) is 0. The molecule has 2 heteroatoms. The molecule has 0 heterocycles. The van der Waals surface area contributed by atoms with Crippen molar-refractivity contribution in [3.63, 3.8) is 0 Å². The van der Waals surface area contributed by atoms with Gasteiger partial charge in [0.2, 0.25) is 0 Å². The number of aliphatic hydroxyl groups is 2. The minimum Gasteiger partial charge on any atom is -0.393 e. The number of aliphatic hydroxyl groups excluding tert-OH is 1. The van der Waals surface area contributed by atoms with Crippen molar-refractivity contribution in [3.05, 3.63) is 11.6 Å². The van der Waals surface area contributed by atoms with Gasteiger partial charge in [-0.25, -0.2) is 0 Å². The van der Waals surface area contributed by atoms with Gasteiger partial charge >= 0.3 is 0 Å². The molecule has 0 bridgehead atoms. The fourth-order valence-corrected chi connectivity index (χ4v) is 9.01. The molecule has 9 atom stereocenters. The maximum atomic E-state index is 11.7. The van der Waals surface area contributed by atoms with Crippen LogP contribution in [0.2, 0.25) is 0 Å². The van der Waals surface area contributed by atoms with Crippen LogP contribution in [0, 0.1) is 46.3 Å². The highest BCUT2D eigenvalue weighted by atomic mass is 16.3. The minimum atomic E-state index is -0.724. The van der Waals surface area contributed by atoms with E-state index in [0.717, 1.165) is 37.0 Å². The monoisotopic (exact) mass is 416 g/mol. The lowest BCUT2D eigenvalue weighted by atomic mass is 9.44. The van der Waals surface area contributed by atoms with Gasteiger partial charge < -0.3 is 10.2 Å². The summed E-state index contributed by atoms with van der Waals surface area (Å²) in [6.07, 6.45) is 14.1. The zero-order valence-corrected chi connectivity index (χ0v) is 20.6. The van der Waals surface area contributed by atoms with Crippen LogP contribution >= 0.6 is 0 Å². The quantitative estimate of drug-likeness (QED) is 0.487. The Morgan fingerprint density at radius 2 is 1.70 bits per heavy atom. The molecule has 2 N–H and O–H groups in total. The third-order valence-corrected chi connectivity index (χ3v) is 10.6. The lowest BCUT2D eigenvalue weighted by molar-refractivity contribution is -0.133. The fourth-order valence-electron chi connectivity index (χ4n) is 9.01. The van der Waals surface area contributed by atoms with E-state index in [2.05, 4.69) is 47.6 Å². The lowest BCUT2D eigenvalue weighted by Crippen LogP contribution is -2.58. The number of fused-ring (bicyclic) bond motifs is 5. The van der Waals surface area contributed by atoms with E-state index in [1.54, 1.807) is 0 Å². The Hall–Kier alpha value is -0.340. The summed E-state index contributed by atoms with van der Waals surface area (Å²) < 4.78 is 0. The van der Waals surface area contributed by atoms with Crippen LogP contribution in [0.3, 0.4) is 0 Å². The highest BCUT2D eigenvalue weighted by Crippen LogP contribution is 2.68.